The van der Waals surface area contributed by atoms with Crippen molar-refractivity contribution < 1.29 is 14.3 Å². The van der Waals surface area contributed by atoms with Crippen LogP contribution in [0.3, 0.4) is 0 Å². The van der Waals surface area contributed by atoms with E-state index in [1.54, 1.807) is 7.11 Å². The van der Waals surface area contributed by atoms with E-state index in [1.165, 1.54) is 38.5 Å². The monoisotopic (exact) mass is 436 g/mol. The number of benzene rings is 1. The van der Waals surface area contributed by atoms with Crippen LogP contribution in [-0.2, 0) is 4.79 Å². The number of allylic oxidation sites excluding steroid dienone is 2. The number of carbonyl (C=O) groups excluding carboxylic acids is 1. The topological polar surface area (TPSA) is 51.1 Å². The smallest absolute Gasteiger partial charge is 0.247 e. The fourth-order valence-electron chi connectivity index (χ4n) is 5.95. The first-order chi connectivity index (χ1) is 15.7. The number of methoxy groups -OCH3 is 1. The minimum Gasteiger partial charge on any atom is -0.493 e. The van der Waals surface area contributed by atoms with Gasteiger partial charge in [-0.25, -0.2) is 5.01 Å². The lowest BCUT2D eigenvalue weighted by molar-refractivity contribution is -0.140. The van der Waals surface area contributed by atoms with Gasteiger partial charge in [-0.1, -0.05) is 37.8 Å². The van der Waals surface area contributed by atoms with Gasteiger partial charge in [0.2, 0.25) is 5.91 Å². The molecule has 4 aliphatic rings. The Morgan fingerprint density at radius 1 is 0.875 bits per heavy atom. The number of fused-ring (bicyclic) bond motifs is 1. The van der Waals surface area contributed by atoms with E-state index in [4.69, 9.17) is 14.6 Å². The summed E-state index contributed by atoms with van der Waals surface area (Å²) in [5, 5.41) is 6.96. The predicted molar refractivity (Wildman–Crippen MR) is 126 cm³/mol. The van der Waals surface area contributed by atoms with Crippen LogP contribution in [0.1, 0.15) is 82.6 Å². The molecule has 1 aliphatic heterocycles. The Hall–Kier alpha value is -2.30. The number of rotatable bonds is 5. The van der Waals surface area contributed by atoms with E-state index >= 15 is 0 Å². The highest BCUT2D eigenvalue weighted by Gasteiger charge is 2.42. The van der Waals surface area contributed by atoms with Crippen molar-refractivity contribution in [1.82, 2.24) is 5.01 Å². The molecule has 1 aromatic rings. The summed E-state index contributed by atoms with van der Waals surface area (Å²) >= 11 is 0. The molecular weight excluding hydrogens is 400 g/mol. The van der Waals surface area contributed by atoms with Gasteiger partial charge in [-0.2, -0.15) is 5.10 Å². The van der Waals surface area contributed by atoms with E-state index in [2.05, 4.69) is 24.3 Å². The minimum atomic E-state index is -0.00273. The summed E-state index contributed by atoms with van der Waals surface area (Å²) < 4.78 is 12.0. The molecule has 0 aromatic heterocycles. The van der Waals surface area contributed by atoms with Gasteiger partial charge in [0.15, 0.2) is 11.5 Å². The van der Waals surface area contributed by atoms with Crippen molar-refractivity contribution in [2.24, 2.45) is 16.9 Å². The Morgan fingerprint density at radius 3 is 2.28 bits per heavy atom. The zero-order valence-corrected chi connectivity index (χ0v) is 19.3. The van der Waals surface area contributed by atoms with E-state index in [-0.39, 0.29) is 29.9 Å². The molecule has 3 aliphatic carbocycles. The molecule has 0 radical (unpaired) electrons. The molecule has 5 nitrogen and oxygen atoms in total. The molecule has 2 fully saturated rings. The van der Waals surface area contributed by atoms with Gasteiger partial charge in [0, 0.05) is 11.5 Å². The number of hydrazone groups is 1. The summed E-state index contributed by atoms with van der Waals surface area (Å²) in [6, 6.07) is 6.43. The van der Waals surface area contributed by atoms with Crippen LogP contribution in [0.2, 0.25) is 0 Å². The lowest BCUT2D eigenvalue weighted by Gasteiger charge is -2.40. The lowest BCUT2D eigenvalue weighted by atomic mass is 9.76. The summed E-state index contributed by atoms with van der Waals surface area (Å²) in [6.45, 7) is 0. The van der Waals surface area contributed by atoms with Crippen molar-refractivity contribution in [1.29, 1.82) is 0 Å². The van der Waals surface area contributed by atoms with Crippen molar-refractivity contribution in [2.45, 2.75) is 89.2 Å². The highest BCUT2D eigenvalue weighted by molar-refractivity contribution is 6.07. The molecule has 2 saturated carbocycles. The molecule has 1 aromatic carbocycles. The quantitative estimate of drug-likeness (QED) is 0.429. The molecule has 0 spiro atoms. The summed E-state index contributed by atoms with van der Waals surface area (Å²) in [4.78, 5) is 13.5. The van der Waals surface area contributed by atoms with Crippen LogP contribution in [0, 0.1) is 11.8 Å². The average Bonchev–Trinajstić information content (AvgIpc) is 3.19. The molecule has 0 N–H and O–H groups in total. The van der Waals surface area contributed by atoms with Gasteiger partial charge in [-0.15, -0.1) is 0 Å². The Balaban J connectivity index is 1.50. The third kappa shape index (κ3) is 4.31. The van der Waals surface area contributed by atoms with Crippen molar-refractivity contribution in [3.05, 3.63) is 35.9 Å². The van der Waals surface area contributed by atoms with Crippen LogP contribution < -0.4 is 9.47 Å². The number of hydrogen-bond acceptors (Lipinski definition) is 4. The second-order valence-corrected chi connectivity index (χ2v) is 9.86. The molecule has 172 valence electrons. The molecule has 5 heteroatoms. The van der Waals surface area contributed by atoms with Crippen LogP contribution in [-0.4, -0.2) is 35.9 Å². The van der Waals surface area contributed by atoms with Gasteiger partial charge in [0.1, 0.15) is 0 Å². The lowest BCUT2D eigenvalue weighted by Crippen LogP contribution is -2.49. The van der Waals surface area contributed by atoms with Crippen LogP contribution >= 0.6 is 0 Å². The normalized spacial score (nSPS) is 27.1. The fourth-order valence-corrected chi connectivity index (χ4v) is 5.95. The first kappa shape index (κ1) is 21.5. The summed E-state index contributed by atoms with van der Waals surface area (Å²) in [7, 11) is 1.70. The Kier molecular flexibility index (Phi) is 6.52. The number of ether oxygens (including phenoxy) is 2. The van der Waals surface area contributed by atoms with Crippen LogP contribution in [0.5, 0.6) is 11.5 Å². The molecule has 0 saturated heterocycles. The largest absolute Gasteiger partial charge is 0.493 e. The van der Waals surface area contributed by atoms with E-state index in [1.807, 2.05) is 11.1 Å². The zero-order chi connectivity index (χ0) is 21.9. The maximum absolute atomic E-state index is 13.5. The number of carbonyl (C=O) groups is 1. The predicted octanol–water partition coefficient (Wildman–Crippen LogP) is 5.87. The standard InChI is InChI=1S/C27H36N2O3/c1-31-24-17-16-19(18-25(24)32-21-12-6-7-13-21)26-22-14-8-9-15-23(22)27(30)29(28-26)20-10-4-2-3-5-11-20/h8-9,16-18,20-23H,2-7,10-15H2,1H3/t22-,23+/m0/s1. The van der Waals surface area contributed by atoms with Crippen LogP contribution in [0.15, 0.2) is 35.5 Å². The molecule has 5 rings (SSSR count). The number of nitrogens with zero attached hydrogens (tertiary/aromatic N) is 2. The van der Waals surface area contributed by atoms with Gasteiger partial charge in [0.05, 0.1) is 30.9 Å². The number of amides is 1. The second-order valence-electron chi connectivity index (χ2n) is 9.86. The SMILES string of the molecule is COc1ccc(C2=NN(C3CCCCCC3)C(=O)[C@@H]3CC=CC[C@H]23)cc1OC1CCCC1. The van der Waals surface area contributed by atoms with E-state index in [9.17, 15) is 4.79 Å². The number of hydrogen-bond donors (Lipinski definition) is 0. The molecule has 32 heavy (non-hydrogen) atoms. The first-order valence-corrected chi connectivity index (χ1v) is 12.7. The maximum Gasteiger partial charge on any atom is 0.247 e. The van der Waals surface area contributed by atoms with Gasteiger partial charge < -0.3 is 9.47 Å². The third-order valence-electron chi connectivity index (χ3n) is 7.77. The van der Waals surface area contributed by atoms with Gasteiger partial charge in [-0.05, 0) is 69.6 Å². The van der Waals surface area contributed by atoms with E-state index in [0.717, 1.165) is 61.3 Å². The fraction of sp³-hybridized carbons (Fsp3) is 0.630. The molecule has 0 unspecified atom stereocenters. The van der Waals surface area contributed by atoms with Crippen molar-refractivity contribution >= 4 is 11.6 Å². The highest BCUT2D eigenvalue weighted by atomic mass is 16.5. The highest BCUT2D eigenvalue weighted by Crippen LogP contribution is 2.39. The Labute approximate surface area is 191 Å². The third-order valence-corrected chi connectivity index (χ3v) is 7.77. The maximum atomic E-state index is 13.5. The Bertz CT molecular complexity index is 879. The van der Waals surface area contributed by atoms with Crippen molar-refractivity contribution in [2.75, 3.05) is 7.11 Å². The van der Waals surface area contributed by atoms with Gasteiger partial charge in [0.25, 0.3) is 0 Å². The van der Waals surface area contributed by atoms with Gasteiger partial charge in [-0.3, -0.25) is 4.79 Å². The summed E-state index contributed by atoms with van der Waals surface area (Å²) in [5.41, 5.74) is 2.11. The first-order valence-electron chi connectivity index (χ1n) is 12.7. The van der Waals surface area contributed by atoms with Crippen molar-refractivity contribution in [3.8, 4) is 11.5 Å². The Morgan fingerprint density at radius 2 is 1.56 bits per heavy atom. The van der Waals surface area contributed by atoms with Crippen LogP contribution in [0.25, 0.3) is 0 Å². The second kappa shape index (κ2) is 9.68. The average molecular weight is 437 g/mol. The molecule has 1 amide bonds. The van der Waals surface area contributed by atoms with Crippen LogP contribution in [0.4, 0.5) is 0 Å². The van der Waals surface area contributed by atoms with E-state index in [0.29, 0.717) is 0 Å². The van der Waals surface area contributed by atoms with Crippen molar-refractivity contribution in [3.63, 3.8) is 0 Å². The molecule has 2 atom stereocenters. The summed E-state index contributed by atoms with van der Waals surface area (Å²) in [5.74, 6) is 1.94. The summed E-state index contributed by atoms with van der Waals surface area (Å²) in [6.07, 6.45) is 18.1. The van der Waals surface area contributed by atoms with Gasteiger partial charge >= 0.3 is 0 Å². The molecular formula is C27H36N2O3. The van der Waals surface area contributed by atoms with E-state index < -0.39 is 0 Å². The minimum absolute atomic E-state index is 0.00273. The molecule has 1 heterocycles. The zero-order valence-electron chi connectivity index (χ0n) is 19.3. The molecule has 0 bridgehead atoms.